The van der Waals surface area contributed by atoms with E-state index in [2.05, 4.69) is 10.6 Å². The van der Waals surface area contributed by atoms with Gasteiger partial charge in [-0.15, -0.1) is 0 Å². The monoisotopic (exact) mass is 324 g/mol. The first-order valence-corrected chi connectivity index (χ1v) is 9.93. The molecule has 0 spiro atoms. The number of amides is 1. The smallest absolute Gasteiger partial charge is 0.226 e. The SMILES string of the molecule is O=C(NC1CCC(NC2CCCCC2)CC1)C1CCCCC1F. The van der Waals surface area contributed by atoms with E-state index in [1.807, 2.05) is 0 Å². The summed E-state index contributed by atoms with van der Waals surface area (Å²) in [5, 5.41) is 6.97. The third-order valence-electron chi connectivity index (χ3n) is 6.17. The molecule has 2 unspecified atom stereocenters. The Kier molecular flexibility index (Phi) is 6.32. The van der Waals surface area contributed by atoms with Gasteiger partial charge in [-0.2, -0.15) is 0 Å². The minimum absolute atomic E-state index is 0.0270. The number of halogens is 1. The normalized spacial score (nSPS) is 36.6. The van der Waals surface area contributed by atoms with Gasteiger partial charge in [-0.25, -0.2) is 4.39 Å². The van der Waals surface area contributed by atoms with Crippen LogP contribution in [0, 0.1) is 5.92 Å². The first-order chi connectivity index (χ1) is 11.2. The van der Waals surface area contributed by atoms with Crippen molar-refractivity contribution in [3.63, 3.8) is 0 Å². The molecule has 23 heavy (non-hydrogen) atoms. The Morgan fingerprint density at radius 1 is 0.696 bits per heavy atom. The maximum Gasteiger partial charge on any atom is 0.226 e. The lowest BCUT2D eigenvalue weighted by Crippen LogP contribution is -2.47. The third-order valence-corrected chi connectivity index (χ3v) is 6.17. The zero-order chi connectivity index (χ0) is 16.1. The van der Waals surface area contributed by atoms with Gasteiger partial charge in [-0.1, -0.05) is 32.1 Å². The van der Waals surface area contributed by atoms with Gasteiger partial charge >= 0.3 is 0 Å². The van der Waals surface area contributed by atoms with Crippen LogP contribution in [0.2, 0.25) is 0 Å². The summed E-state index contributed by atoms with van der Waals surface area (Å²) in [5.74, 6) is -0.414. The van der Waals surface area contributed by atoms with Crippen molar-refractivity contribution in [2.45, 2.75) is 108 Å². The molecule has 0 saturated heterocycles. The first-order valence-electron chi connectivity index (χ1n) is 9.93. The molecular weight excluding hydrogens is 291 g/mol. The summed E-state index contributed by atoms with van der Waals surface area (Å²) in [7, 11) is 0. The van der Waals surface area contributed by atoms with Gasteiger partial charge in [-0.05, 0) is 51.4 Å². The van der Waals surface area contributed by atoms with Crippen LogP contribution in [-0.4, -0.2) is 30.2 Å². The van der Waals surface area contributed by atoms with Crippen LogP contribution >= 0.6 is 0 Å². The van der Waals surface area contributed by atoms with E-state index in [9.17, 15) is 9.18 Å². The van der Waals surface area contributed by atoms with Crippen LogP contribution in [0.4, 0.5) is 4.39 Å². The molecule has 0 radical (unpaired) electrons. The minimum atomic E-state index is -0.923. The Morgan fingerprint density at radius 2 is 1.26 bits per heavy atom. The second kappa shape index (κ2) is 8.46. The van der Waals surface area contributed by atoms with E-state index in [1.54, 1.807) is 0 Å². The van der Waals surface area contributed by atoms with Crippen LogP contribution < -0.4 is 10.6 Å². The lowest BCUT2D eigenvalue weighted by Gasteiger charge is -2.35. The van der Waals surface area contributed by atoms with E-state index in [0.29, 0.717) is 12.5 Å². The van der Waals surface area contributed by atoms with Gasteiger partial charge in [0.1, 0.15) is 6.17 Å². The average Bonchev–Trinajstić information content (AvgIpc) is 2.58. The van der Waals surface area contributed by atoms with E-state index in [1.165, 1.54) is 32.1 Å². The third kappa shape index (κ3) is 4.91. The van der Waals surface area contributed by atoms with Crippen molar-refractivity contribution in [2.75, 3.05) is 0 Å². The summed E-state index contributed by atoms with van der Waals surface area (Å²) in [6.45, 7) is 0. The summed E-state index contributed by atoms with van der Waals surface area (Å²) in [6, 6.07) is 1.60. The van der Waals surface area contributed by atoms with Crippen molar-refractivity contribution in [3.05, 3.63) is 0 Å². The first kappa shape index (κ1) is 17.2. The van der Waals surface area contributed by atoms with Gasteiger partial charge in [0.2, 0.25) is 5.91 Å². The van der Waals surface area contributed by atoms with Crippen LogP contribution in [-0.2, 0) is 4.79 Å². The Morgan fingerprint density at radius 3 is 1.96 bits per heavy atom. The summed E-state index contributed by atoms with van der Waals surface area (Å²) >= 11 is 0. The summed E-state index contributed by atoms with van der Waals surface area (Å²) in [5.41, 5.74) is 0. The molecule has 0 aliphatic heterocycles. The Bertz CT molecular complexity index is 376. The van der Waals surface area contributed by atoms with E-state index >= 15 is 0 Å². The van der Waals surface area contributed by atoms with Crippen LogP contribution in [0.15, 0.2) is 0 Å². The molecule has 0 aromatic heterocycles. The topological polar surface area (TPSA) is 41.1 Å². The molecule has 0 aromatic rings. The van der Waals surface area contributed by atoms with Gasteiger partial charge in [0.05, 0.1) is 5.92 Å². The Hall–Kier alpha value is -0.640. The van der Waals surface area contributed by atoms with E-state index in [4.69, 9.17) is 0 Å². The van der Waals surface area contributed by atoms with E-state index in [-0.39, 0.29) is 17.9 Å². The predicted molar refractivity (Wildman–Crippen MR) is 91.0 cm³/mol. The fraction of sp³-hybridized carbons (Fsp3) is 0.947. The maximum atomic E-state index is 13.9. The van der Waals surface area contributed by atoms with Crippen LogP contribution in [0.5, 0.6) is 0 Å². The molecule has 1 amide bonds. The highest BCUT2D eigenvalue weighted by Crippen LogP contribution is 2.28. The van der Waals surface area contributed by atoms with Crippen molar-refractivity contribution in [1.82, 2.24) is 10.6 Å². The zero-order valence-electron chi connectivity index (χ0n) is 14.4. The molecule has 0 heterocycles. The van der Waals surface area contributed by atoms with Gasteiger partial charge in [0.25, 0.3) is 0 Å². The lowest BCUT2D eigenvalue weighted by molar-refractivity contribution is -0.129. The largest absolute Gasteiger partial charge is 0.353 e. The fourth-order valence-electron chi connectivity index (χ4n) is 4.70. The molecule has 3 aliphatic carbocycles. The van der Waals surface area contributed by atoms with Crippen molar-refractivity contribution in [1.29, 1.82) is 0 Å². The molecule has 0 bridgehead atoms. The summed E-state index contributed by atoms with van der Waals surface area (Å²) in [4.78, 5) is 12.3. The molecule has 0 aromatic carbocycles. The maximum absolute atomic E-state index is 13.9. The number of alkyl halides is 1. The molecule has 3 saturated carbocycles. The van der Waals surface area contributed by atoms with Crippen molar-refractivity contribution in [2.24, 2.45) is 5.92 Å². The molecule has 3 fully saturated rings. The highest BCUT2D eigenvalue weighted by atomic mass is 19.1. The van der Waals surface area contributed by atoms with E-state index < -0.39 is 6.17 Å². The number of rotatable bonds is 4. The molecule has 3 nitrogen and oxygen atoms in total. The predicted octanol–water partition coefficient (Wildman–Crippen LogP) is 3.86. The second-order valence-corrected chi connectivity index (χ2v) is 7.97. The number of nitrogens with one attached hydrogen (secondary N) is 2. The molecular formula is C19H33FN2O. The number of hydrogen-bond acceptors (Lipinski definition) is 2. The zero-order valence-corrected chi connectivity index (χ0v) is 14.4. The number of carbonyl (C=O) groups excluding carboxylic acids is 1. The van der Waals surface area contributed by atoms with Crippen LogP contribution in [0.3, 0.4) is 0 Å². The molecule has 4 heteroatoms. The van der Waals surface area contributed by atoms with Gasteiger partial charge < -0.3 is 10.6 Å². The molecule has 3 rings (SSSR count). The molecule has 2 N–H and O–H groups in total. The standard InChI is InChI=1S/C19H33FN2O/c20-18-9-5-4-8-17(18)19(23)22-16-12-10-15(11-13-16)21-14-6-2-1-3-7-14/h14-18,21H,1-13H2,(H,22,23). The average molecular weight is 324 g/mol. The Labute approximate surface area is 140 Å². The number of hydrogen-bond donors (Lipinski definition) is 2. The van der Waals surface area contributed by atoms with Crippen molar-refractivity contribution >= 4 is 5.91 Å². The molecule has 132 valence electrons. The van der Waals surface area contributed by atoms with Crippen LogP contribution in [0.1, 0.15) is 83.5 Å². The van der Waals surface area contributed by atoms with Crippen LogP contribution in [0.25, 0.3) is 0 Å². The fourth-order valence-corrected chi connectivity index (χ4v) is 4.70. The van der Waals surface area contributed by atoms with Crippen molar-refractivity contribution in [3.8, 4) is 0 Å². The lowest BCUT2D eigenvalue weighted by atomic mass is 9.85. The quantitative estimate of drug-likeness (QED) is 0.824. The van der Waals surface area contributed by atoms with E-state index in [0.717, 1.165) is 51.0 Å². The highest BCUT2D eigenvalue weighted by molar-refractivity contribution is 5.79. The van der Waals surface area contributed by atoms with Gasteiger partial charge in [-0.3, -0.25) is 4.79 Å². The van der Waals surface area contributed by atoms with Gasteiger partial charge in [0.15, 0.2) is 0 Å². The summed E-state index contributed by atoms with van der Waals surface area (Å²) < 4.78 is 13.9. The van der Waals surface area contributed by atoms with Gasteiger partial charge in [0, 0.05) is 18.1 Å². The highest BCUT2D eigenvalue weighted by Gasteiger charge is 2.33. The molecule has 2 atom stereocenters. The summed E-state index contributed by atoms with van der Waals surface area (Å²) in [6.07, 6.45) is 13.5. The minimum Gasteiger partial charge on any atom is -0.353 e. The number of carbonyl (C=O) groups is 1. The Balaban J connectivity index is 1.37. The molecule has 3 aliphatic rings. The van der Waals surface area contributed by atoms with Crippen molar-refractivity contribution < 1.29 is 9.18 Å². The second-order valence-electron chi connectivity index (χ2n) is 7.97.